The third-order valence-electron chi connectivity index (χ3n) is 5.61. The van der Waals surface area contributed by atoms with E-state index in [0.717, 1.165) is 35.3 Å². The highest BCUT2D eigenvalue weighted by Gasteiger charge is 2.25. The summed E-state index contributed by atoms with van der Waals surface area (Å²) in [6, 6.07) is 7.76. The summed E-state index contributed by atoms with van der Waals surface area (Å²) in [6.07, 6.45) is 5.93. The number of aliphatic hydroxyl groups is 1. The molecular weight excluding hydrogens is 420 g/mol. The van der Waals surface area contributed by atoms with E-state index in [9.17, 15) is 5.11 Å². The van der Waals surface area contributed by atoms with Gasteiger partial charge in [-0.15, -0.1) is 0 Å². The fourth-order valence-electron chi connectivity index (χ4n) is 4.04. The molecule has 4 aromatic rings. The Hall–Kier alpha value is -3.81. The van der Waals surface area contributed by atoms with Crippen LogP contribution in [0.2, 0.25) is 0 Å². The number of rotatable bonds is 5. The monoisotopic (exact) mass is 444 g/mol. The molecule has 0 bridgehead atoms. The van der Waals surface area contributed by atoms with Crippen molar-refractivity contribution < 1.29 is 9.63 Å². The standard InChI is InChI=1S/C23H24N8O2/c1-13(2)29-18-8-22(31-23-15(11-28-31)5-14(9-24)10-27-23)26-12-17(18)21-7-20(30-33-21)19-6-16(32)3-4-25-19/h5,7-8,10-13,16,19,25,32H,3-4,6H2,1-2H3,(H,26,29). The Kier molecular flexibility index (Phi) is 5.50. The molecule has 0 radical (unpaired) electrons. The highest BCUT2D eigenvalue weighted by atomic mass is 16.5. The molecule has 1 fully saturated rings. The van der Waals surface area contributed by atoms with Gasteiger partial charge in [0.05, 0.1) is 35.2 Å². The van der Waals surface area contributed by atoms with E-state index in [1.54, 1.807) is 23.1 Å². The number of aliphatic hydroxyl groups excluding tert-OH is 1. The Morgan fingerprint density at radius 3 is 2.91 bits per heavy atom. The molecule has 10 heteroatoms. The van der Waals surface area contributed by atoms with Crippen LogP contribution in [0.25, 0.3) is 28.2 Å². The van der Waals surface area contributed by atoms with Crippen molar-refractivity contribution >= 4 is 16.7 Å². The van der Waals surface area contributed by atoms with Gasteiger partial charge in [0.1, 0.15) is 11.8 Å². The lowest BCUT2D eigenvalue weighted by atomic mass is 9.99. The number of nitrogens with one attached hydrogen (secondary N) is 2. The second kappa shape index (κ2) is 8.61. The van der Waals surface area contributed by atoms with Crippen LogP contribution in [0.5, 0.6) is 0 Å². The van der Waals surface area contributed by atoms with Crippen molar-refractivity contribution in [1.29, 1.82) is 5.26 Å². The topological polar surface area (TPSA) is 138 Å². The van der Waals surface area contributed by atoms with Gasteiger partial charge in [-0.1, -0.05) is 5.16 Å². The zero-order valence-corrected chi connectivity index (χ0v) is 18.4. The number of hydrogen-bond acceptors (Lipinski definition) is 9. The van der Waals surface area contributed by atoms with Crippen molar-refractivity contribution in [2.24, 2.45) is 0 Å². The predicted octanol–water partition coefficient (Wildman–Crippen LogP) is 2.95. The van der Waals surface area contributed by atoms with E-state index in [0.29, 0.717) is 29.2 Å². The average Bonchev–Trinajstić information content (AvgIpc) is 3.46. The van der Waals surface area contributed by atoms with Gasteiger partial charge in [0.2, 0.25) is 0 Å². The first-order chi connectivity index (χ1) is 16.0. The number of pyridine rings is 2. The summed E-state index contributed by atoms with van der Waals surface area (Å²) in [5, 5.41) is 35.4. The first-order valence-electron chi connectivity index (χ1n) is 10.9. The third kappa shape index (κ3) is 4.16. The van der Waals surface area contributed by atoms with Gasteiger partial charge in [-0.3, -0.25) is 0 Å². The van der Waals surface area contributed by atoms with Crippen molar-refractivity contribution in [2.75, 3.05) is 11.9 Å². The summed E-state index contributed by atoms with van der Waals surface area (Å²) in [7, 11) is 0. The van der Waals surface area contributed by atoms with Crippen molar-refractivity contribution in [3.05, 3.63) is 48.0 Å². The van der Waals surface area contributed by atoms with E-state index in [4.69, 9.17) is 9.78 Å². The molecule has 4 aromatic heterocycles. The summed E-state index contributed by atoms with van der Waals surface area (Å²) < 4.78 is 7.31. The molecule has 1 aliphatic rings. The molecule has 2 atom stereocenters. The second-order valence-corrected chi connectivity index (χ2v) is 8.49. The van der Waals surface area contributed by atoms with Gasteiger partial charge in [-0.2, -0.15) is 15.0 Å². The average molecular weight is 444 g/mol. The molecule has 10 nitrogen and oxygen atoms in total. The Morgan fingerprint density at radius 1 is 1.24 bits per heavy atom. The quantitative estimate of drug-likeness (QED) is 0.424. The molecule has 0 aromatic carbocycles. The van der Waals surface area contributed by atoms with Crippen LogP contribution >= 0.6 is 0 Å². The van der Waals surface area contributed by atoms with Crippen LogP contribution in [-0.4, -0.2) is 48.7 Å². The van der Waals surface area contributed by atoms with Gasteiger partial charge in [-0.05, 0) is 39.3 Å². The van der Waals surface area contributed by atoms with Crippen molar-refractivity contribution in [2.45, 2.75) is 44.9 Å². The van der Waals surface area contributed by atoms with Crippen LogP contribution in [0.3, 0.4) is 0 Å². The smallest absolute Gasteiger partial charge is 0.170 e. The molecule has 0 spiro atoms. The molecular formula is C23H24N8O2. The number of hydrogen-bond donors (Lipinski definition) is 3. The Bertz CT molecular complexity index is 1340. The van der Waals surface area contributed by atoms with Crippen molar-refractivity contribution in [3.63, 3.8) is 0 Å². The first kappa shape index (κ1) is 21.1. The summed E-state index contributed by atoms with van der Waals surface area (Å²) in [5.41, 5.74) is 3.46. The van der Waals surface area contributed by atoms with Gasteiger partial charge >= 0.3 is 0 Å². The zero-order chi connectivity index (χ0) is 22.9. The molecule has 33 heavy (non-hydrogen) atoms. The molecule has 1 aliphatic heterocycles. The zero-order valence-electron chi connectivity index (χ0n) is 18.4. The van der Waals surface area contributed by atoms with Crippen molar-refractivity contribution in [3.8, 4) is 23.2 Å². The van der Waals surface area contributed by atoms with Crippen LogP contribution in [0.1, 0.15) is 44.0 Å². The highest BCUT2D eigenvalue weighted by molar-refractivity contribution is 5.79. The van der Waals surface area contributed by atoms with Crippen LogP contribution in [0.15, 0.2) is 41.3 Å². The van der Waals surface area contributed by atoms with Crippen LogP contribution in [0, 0.1) is 11.3 Å². The second-order valence-electron chi connectivity index (χ2n) is 8.49. The molecule has 168 valence electrons. The number of nitrogens with zero attached hydrogens (tertiary/aromatic N) is 6. The van der Waals surface area contributed by atoms with Crippen LogP contribution in [0.4, 0.5) is 5.69 Å². The number of piperidine rings is 1. The Balaban J connectivity index is 1.52. The molecule has 1 saturated heterocycles. The minimum atomic E-state index is -0.336. The van der Waals surface area contributed by atoms with Crippen LogP contribution < -0.4 is 10.6 Å². The van der Waals surface area contributed by atoms with Gasteiger partial charge in [0.15, 0.2) is 17.2 Å². The van der Waals surface area contributed by atoms with Gasteiger partial charge in [-0.25, -0.2) is 9.97 Å². The maximum Gasteiger partial charge on any atom is 0.170 e. The van der Waals surface area contributed by atoms with E-state index >= 15 is 0 Å². The molecule has 0 aliphatic carbocycles. The molecule has 5 rings (SSSR count). The SMILES string of the molecule is CC(C)Nc1cc(-n2ncc3cc(C#N)cnc32)ncc1-c1cc(C2CC(O)CCN2)no1. The van der Waals surface area contributed by atoms with E-state index in [-0.39, 0.29) is 18.2 Å². The fourth-order valence-corrected chi connectivity index (χ4v) is 4.04. The highest BCUT2D eigenvalue weighted by Crippen LogP contribution is 2.33. The van der Waals surface area contributed by atoms with Gasteiger partial charge in [0, 0.05) is 36.0 Å². The van der Waals surface area contributed by atoms with E-state index in [1.165, 1.54) is 6.20 Å². The summed E-state index contributed by atoms with van der Waals surface area (Å²) in [5.74, 6) is 1.18. The predicted molar refractivity (Wildman–Crippen MR) is 122 cm³/mol. The molecule has 2 unspecified atom stereocenters. The summed E-state index contributed by atoms with van der Waals surface area (Å²) >= 11 is 0. The minimum Gasteiger partial charge on any atom is -0.393 e. The first-order valence-corrected chi connectivity index (χ1v) is 10.9. The Labute approximate surface area is 190 Å². The number of nitriles is 1. The Morgan fingerprint density at radius 2 is 2.12 bits per heavy atom. The largest absolute Gasteiger partial charge is 0.393 e. The van der Waals surface area contributed by atoms with Crippen LogP contribution in [-0.2, 0) is 0 Å². The fraction of sp³-hybridized carbons (Fsp3) is 0.348. The lowest BCUT2D eigenvalue weighted by Gasteiger charge is -2.25. The minimum absolute atomic E-state index is 0.0418. The number of aromatic nitrogens is 5. The number of anilines is 1. The van der Waals surface area contributed by atoms with Gasteiger partial charge < -0.3 is 20.3 Å². The van der Waals surface area contributed by atoms with E-state index < -0.39 is 0 Å². The third-order valence-corrected chi connectivity index (χ3v) is 5.61. The van der Waals surface area contributed by atoms with Gasteiger partial charge in [0.25, 0.3) is 0 Å². The lowest BCUT2D eigenvalue weighted by Crippen LogP contribution is -2.34. The summed E-state index contributed by atoms with van der Waals surface area (Å²) in [4.78, 5) is 8.99. The van der Waals surface area contributed by atoms with E-state index in [2.05, 4.69) is 50.8 Å². The molecule has 0 saturated carbocycles. The maximum atomic E-state index is 9.99. The lowest BCUT2D eigenvalue weighted by molar-refractivity contribution is 0.115. The van der Waals surface area contributed by atoms with E-state index in [1.807, 2.05) is 12.1 Å². The summed E-state index contributed by atoms with van der Waals surface area (Å²) in [6.45, 7) is 4.85. The maximum absolute atomic E-state index is 9.99. The molecule has 5 heterocycles. The van der Waals surface area contributed by atoms with Crippen molar-refractivity contribution in [1.82, 2.24) is 30.2 Å². The molecule has 0 amide bonds. The number of fused-ring (bicyclic) bond motifs is 1. The molecule has 3 N–H and O–H groups in total. The normalized spacial score (nSPS) is 18.5.